The number of hydrogen-bond acceptors (Lipinski definition) is 3. The average Bonchev–Trinajstić information content (AvgIpc) is 2.90. The van der Waals surface area contributed by atoms with Crippen molar-refractivity contribution >= 4 is 0 Å². The molecule has 1 aliphatic rings. The zero-order chi connectivity index (χ0) is 11.5. The highest BCUT2D eigenvalue weighted by molar-refractivity contribution is 5.61. The summed E-state index contributed by atoms with van der Waals surface area (Å²) in [5.41, 5.74) is 3.51. The number of rotatable bonds is 2. The summed E-state index contributed by atoms with van der Waals surface area (Å²) >= 11 is 0. The number of imidazole rings is 1. The van der Waals surface area contributed by atoms with Crippen LogP contribution < -0.4 is 5.32 Å². The van der Waals surface area contributed by atoms with Crippen molar-refractivity contribution in [2.45, 2.75) is 18.8 Å². The smallest absolute Gasteiger partial charge is 0.0929 e. The molecule has 0 saturated carbocycles. The van der Waals surface area contributed by atoms with Crippen LogP contribution in [0.3, 0.4) is 0 Å². The molecular formula is C13H16N4. The van der Waals surface area contributed by atoms with Gasteiger partial charge >= 0.3 is 0 Å². The van der Waals surface area contributed by atoms with Gasteiger partial charge in [-0.3, -0.25) is 4.98 Å². The predicted octanol–water partition coefficient (Wildman–Crippen LogP) is 1.94. The number of aromatic nitrogens is 3. The Kier molecular flexibility index (Phi) is 2.88. The van der Waals surface area contributed by atoms with E-state index in [1.54, 1.807) is 6.33 Å². The summed E-state index contributed by atoms with van der Waals surface area (Å²) in [5.74, 6) is 0.599. The van der Waals surface area contributed by atoms with Crippen LogP contribution >= 0.6 is 0 Å². The number of aromatic amines is 1. The van der Waals surface area contributed by atoms with E-state index < -0.39 is 0 Å². The van der Waals surface area contributed by atoms with Gasteiger partial charge in [-0.1, -0.05) is 0 Å². The first kappa shape index (κ1) is 10.5. The molecule has 88 valence electrons. The van der Waals surface area contributed by atoms with Crippen LogP contribution in [0.4, 0.5) is 0 Å². The van der Waals surface area contributed by atoms with Crippen molar-refractivity contribution in [2.24, 2.45) is 0 Å². The van der Waals surface area contributed by atoms with Gasteiger partial charge in [-0.05, 0) is 38.1 Å². The molecule has 0 unspecified atom stereocenters. The Hall–Kier alpha value is -1.68. The second kappa shape index (κ2) is 4.67. The maximum absolute atomic E-state index is 4.46. The topological polar surface area (TPSA) is 53.6 Å². The Morgan fingerprint density at radius 2 is 1.88 bits per heavy atom. The van der Waals surface area contributed by atoms with Crippen molar-refractivity contribution < 1.29 is 0 Å². The molecule has 2 N–H and O–H groups in total. The van der Waals surface area contributed by atoms with E-state index in [2.05, 4.69) is 20.3 Å². The number of pyridine rings is 1. The fourth-order valence-electron chi connectivity index (χ4n) is 2.47. The highest BCUT2D eigenvalue weighted by Gasteiger charge is 2.20. The van der Waals surface area contributed by atoms with Crippen LogP contribution in [0.5, 0.6) is 0 Å². The number of nitrogens with zero attached hydrogens (tertiary/aromatic N) is 2. The lowest BCUT2D eigenvalue weighted by atomic mass is 9.92. The molecule has 3 rings (SSSR count). The third-order valence-corrected chi connectivity index (χ3v) is 3.37. The van der Waals surface area contributed by atoms with Gasteiger partial charge in [0.25, 0.3) is 0 Å². The molecule has 0 aromatic carbocycles. The van der Waals surface area contributed by atoms with Crippen LogP contribution in [0.1, 0.15) is 24.5 Å². The number of hydrogen-bond donors (Lipinski definition) is 2. The van der Waals surface area contributed by atoms with E-state index >= 15 is 0 Å². The van der Waals surface area contributed by atoms with Crippen molar-refractivity contribution in [2.75, 3.05) is 13.1 Å². The summed E-state index contributed by atoms with van der Waals surface area (Å²) in [7, 11) is 0. The lowest BCUT2D eigenvalue weighted by molar-refractivity contribution is 0.455. The molecule has 3 heterocycles. The minimum atomic E-state index is 0.599. The van der Waals surface area contributed by atoms with Crippen LogP contribution in [0.25, 0.3) is 11.3 Å². The maximum atomic E-state index is 4.46. The second-order valence-corrected chi connectivity index (χ2v) is 4.42. The summed E-state index contributed by atoms with van der Waals surface area (Å²) in [6.45, 7) is 2.19. The van der Waals surface area contributed by atoms with Crippen LogP contribution in [0.2, 0.25) is 0 Å². The van der Waals surface area contributed by atoms with E-state index in [0.717, 1.165) is 24.3 Å². The molecule has 0 bridgehead atoms. The van der Waals surface area contributed by atoms with Gasteiger partial charge in [0.15, 0.2) is 0 Å². The van der Waals surface area contributed by atoms with Crippen LogP contribution in [-0.4, -0.2) is 28.0 Å². The molecule has 0 aliphatic carbocycles. The lowest BCUT2D eigenvalue weighted by Gasteiger charge is -2.22. The molecule has 0 amide bonds. The van der Waals surface area contributed by atoms with Crippen molar-refractivity contribution in [3.05, 3.63) is 36.5 Å². The molecule has 0 radical (unpaired) electrons. The predicted molar refractivity (Wildman–Crippen MR) is 66.7 cm³/mol. The molecule has 1 aliphatic heterocycles. The summed E-state index contributed by atoms with van der Waals surface area (Å²) < 4.78 is 0. The standard InChI is InChI=1S/C13H16N4/c1-5-14-6-2-10(1)12-13(17-9-16-12)11-3-7-15-8-4-11/h1-2,5-6,9,11,15H,3-4,7-8H2,(H,16,17). The van der Waals surface area contributed by atoms with Gasteiger partial charge < -0.3 is 10.3 Å². The van der Waals surface area contributed by atoms with Crippen molar-refractivity contribution in [1.29, 1.82) is 0 Å². The van der Waals surface area contributed by atoms with Gasteiger partial charge in [-0.15, -0.1) is 0 Å². The highest BCUT2D eigenvalue weighted by atomic mass is 14.9. The molecule has 17 heavy (non-hydrogen) atoms. The first-order chi connectivity index (χ1) is 8.45. The van der Waals surface area contributed by atoms with Gasteiger partial charge in [-0.2, -0.15) is 0 Å². The first-order valence-corrected chi connectivity index (χ1v) is 6.09. The molecule has 0 atom stereocenters. The molecule has 4 nitrogen and oxygen atoms in total. The van der Waals surface area contributed by atoms with Gasteiger partial charge in [0.05, 0.1) is 12.0 Å². The maximum Gasteiger partial charge on any atom is 0.0929 e. The molecule has 1 fully saturated rings. The van der Waals surface area contributed by atoms with Crippen LogP contribution in [0, 0.1) is 0 Å². The van der Waals surface area contributed by atoms with E-state index in [1.807, 2.05) is 24.5 Å². The monoisotopic (exact) mass is 228 g/mol. The Morgan fingerprint density at radius 1 is 1.12 bits per heavy atom. The van der Waals surface area contributed by atoms with Crippen LogP contribution in [-0.2, 0) is 0 Å². The molecule has 4 heteroatoms. The van der Waals surface area contributed by atoms with Crippen LogP contribution in [0.15, 0.2) is 30.9 Å². The van der Waals surface area contributed by atoms with Gasteiger partial charge in [0, 0.05) is 29.6 Å². The van der Waals surface area contributed by atoms with Gasteiger partial charge in [0.2, 0.25) is 0 Å². The fourth-order valence-corrected chi connectivity index (χ4v) is 2.47. The third-order valence-electron chi connectivity index (χ3n) is 3.37. The molecule has 2 aromatic heterocycles. The fraction of sp³-hybridized carbons (Fsp3) is 0.385. The van der Waals surface area contributed by atoms with Gasteiger partial charge in [-0.25, -0.2) is 4.98 Å². The third kappa shape index (κ3) is 2.08. The number of nitrogens with one attached hydrogen (secondary N) is 2. The summed E-state index contributed by atoms with van der Waals surface area (Å²) in [6, 6.07) is 4.03. The normalized spacial score (nSPS) is 17.2. The molecule has 1 saturated heterocycles. The van der Waals surface area contributed by atoms with E-state index in [-0.39, 0.29) is 0 Å². The SMILES string of the molecule is c1cc(-c2nc[nH]c2C2CCNCC2)ccn1. The van der Waals surface area contributed by atoms with Crippen molar-refractivity contribution in [1.82, 2.24) is 20.3 Å². The molecular weight excluding hydrogens is 212 g/mol. The quantitative estimate of drug-likeness (QED) is 0.826. The zero-order valence-corrected chi connectivity index (χ0v) is 9.69. The highest BCUT2D eigenvalue weighted by Crippen LogP contribution is 2.30. The summed E-state index contributed by atoms with van der Waals surface area (Å²) in [5, 5.41) is 3.39. The Bertz CT molecular complexity index is 471. The summed E-state index contributed by atoms with van der Waals surface area (Å²) in [4.78, 5) is 11.8. The molecule has 0 spiro atoms. The Morgan fingerprint density at radius 3 is 2.65 bits per heavy atom. The summed E-state index contributed by atoms with van der Waals surface area (Å²) in [6.07, 6.45) is 7.79. The van der Waals surface area contributed by atoms with E-state index in [1.165, 1.54) is 18.5 Å². The largest absolute Gasteiger partial charge is 0.348 e. The van der Waals surface area contributed by atoms with Crippen molar-refractivity contribution in [3.8, 4) is 11.3 Å². The molecule has 2 aromatic rings. The zero-order valence-electron chi connectivity index (χ0n) is 9.69. The van der Waals surface area contributed by atoms with Crippen molar-refractivity contribution in [3.63, 3.8) is 0 Å². The van der Waals surface area contributed by atoms with E-state index in [4.69, 9.17) is 0 Å². The average molecular weight is 228 g/mol. The second-order valence-electron chi connectivity index (χ2n) is 4.42. The minimum Gasteiger partial charge on any atom is -0.348 e. The number of piperidine rings is 1. The number of H-pyrrole nitrogens is 1. The Labute approximate surface area is 101 Å². The van der Waals surface area contributed by atoms with E-state index in [9.17, 15) is 0 Å². The van der Waals surface area contributed by atoms with Gasteiger partial charge in [0.1, 0.15) is 0 Å². The Balaban J connectivity index is 1.93. The van der Waals surface area contributed by atoms with E-state index in [0.29, 0.717) is 5.92 Å². The first-order valence-electron chi connectivity index (χ1n) is 6.09. The minimum absolute atomic E-state index is 0.599. The lowest BCUT2D eigenvalue weighted by Crippen LogP contribution is -2.27.